The van der Waals surface area contributed by atoms with Crippen molar-refractivity contribution in [2.24, 2.45) is 5.73 Å². The number of carbonyl (C=O) groups is 1. The van der Waals surface area contributed by atoms with Crippen LogP contribution in [0.3, 0.4) is 0 Å². The topological polar surface area (TPSA) is 71.6 Å². The maximum atomic E-state index is 13.3. The Labute approximate surface area is 219 Å². The molecule has 6 nitrogen and oxygen atoms in total. The molecule has 1 saturated heterocycles. The van der Waals surface area contributed by atoms with Crippen molar-refractivity contribution in [1.82, 2.24) is 9.47 Å². The summed E-state index contributed by atoms with van der Waals surface area (Å²) in [5.41, 5.74) is 10.7. The molecule has 0 radical (unpaired) electrons. The molecule has 0 unspecified atom stereocenters. The predicted octanol–water partition coefficient (Wildman–Crippen LogP) is 4.88. The molecule has 4 aromatic rings. The van der Waals surface area contributed by atoms with Crippen LogP contribution < -0.4 is 16.2 Å². The normalized spacial score (nSPS) is 13.9. The predicted molar refractivity (Wildman–Crippen MR) is 148 cm³/mol. The number of anilines is 1. The Kier molecular flexibility index (Phi) is 6.75. The number of aryl methyl sites for hydroxylation is 1. The van der Waals surface area contributed by atoms with Crippen molar-refractivity contribution in [2.75, 3.05) is 37.6 Å². The number of halogens is 2. The number of nitrogens with zero attached hydrogens (tertiary/aromatic N) is 3. The third-order valence-corrected chi connectivity index (χ3v) is 7.38. The highest BCUT2D eigenvalue weighted by Gasteiger charge is 2.23. The van der Waals surface area contributed by atoms with Crippen molar-refractivity contribution < 1.29 is 4.79 Å². The molecule has 2 N–H and O–H groups in total. The number of para-hydroxylation sites is 1. The Morgan fingerprint density at radius 1 is 0.889 bits per heavy atom. The van der Waals surface area contributed by atoms with Crippen molar-refractivity contribution in [1.29, 1.82) is 0 Å². The molecule has 1 aliphatic rings. The number of nitrogens with two attached hydrogens (primary N) is 1. The lowest BCUT2D eigenvalue weighted by molar-refractivity contribution is -0.129. The summed E-state index contributed by atoms with van der Waals surface area (Å²) < 4.78 is 1.60. The van der Waals surface area contributed by atoms with Gasteiger partial charge in [-0.3, -0.25) is 14.2 Å². The Bertz CT molecular complexity index is 1500. The molecule has 1 amide bonds. The average molecular weight is 521 g/mol. The molecule has 1 aliphatic heterocycles. The largest absolute Gasteiger partial charge is 0.368 e. The molecule has 5 rings (SSSR count). The summed E-state index contributed by atoms with van der Waals surface area (Å²) in [5.74, 6) is -0.0454. The van der Waals surface area contributed by atoms with Gasteiger partial charge in [-0.15, -0.1) is 0 Å². The van der Waals surface area contributed by atoms with Crippen LogP contribution in [0.1, 0.15) is 5.56 Å². The molecule has 1 aromatic heterocycles. The molecule has 0 aliphatic carbocycles. The highest BCUT2D eigenvalue weighted by atomic mass is 35.5. The van der Waals surface area contributed by atoms with Gasteiger partial charge in [-0.05, 0) is 53.9 Å². The molecular formula is C28H26Cl2N4O2. The van der Waals surface area contributed by atoms with Crippen molar-refractivity contribution in [2.45, 2.75) is 6.92 Å². The number of amides is 1. The van der Waals surface area contributed by atoms with E-state index < -0.39 is 0 Å². The van der Waals surface area contributed by atoms with E-state index in [0.29, 0.717) is 47.4 Å². The first kappa shape index (κ1) is 24.4. The zero-order valence-corrected chi connectivity index (χ0v) is 21.4. The molecule has 1 fully saturated rings. The standard InChI is InChI=1S/C28H26Cl2N4O2/c1-18-5-2-3-6-20(18)22-15-19(32-11-13-33(14-12-32)27(36)17-31)16-25-21(22)9-10-26(35)34(25)28-23(29)7-4-8-24(28)30/h2-10,15-16H,11-14,17,31H2,1H3. The highest BCUT2D eigenvalue weighted by Crippen LogP contribution is 2.37. The van der Waals surface area contributed by atoms with E-state index in [0.717, 1.165) is 27.8 Å². The lowest BCUT2D eigenvalue weighted by Gasteiger charge is -2.36. The minimum absolute atomic E-state index is 0.0122. The van der Waals surface area contributed by atoms with Gasteiger partial charge in [0.05, 0.1) is 27.8 Å². The molecular weight excluding hydrogens is 495 g/mol. The van der Waals surface area contributed by atoms with E-state index in [1.165, 1.54) is 0 Å². The minimum Gasteiger partial charge on any atom is -0.368 e. The summed E-state index contributed by atoms with van der Waals surface area (Å²) in [7, 11) is 0. The zero-order chi connectivity index (χ0) is 25.4. The molecule has 2 heterocycles. The second-order valence-electron chi connectivity index (χ2n) is 8.89. The number of hydrogen-bond donors (Lipinski definition) is 1. The Morgan fingerprint density at radius 2 is 1.58 bits per heavy atom. The number of pyridine rings is 1. The third-order valence-electron chi connectivity index (χ3n) is 6.77. The van der Waals surface area contributed by atoms with Crippen LogP contribution in [0, 0.1) is 6.92 Å². The fraction of sp³-hybridized carbons (Fsp3) is 0.214. The monoisotopic (exact) mass is 520 g/mol. The van der Waals surface area contributed by atoms with Crippen molar-refractivity contribution in [3.05, 3.63) is 92.7 Å². The number of rotatable bonds is 4. The number of carbonyl (C=O) groups excluding carboxylic acids is 1. The van der Waals surface area contributed by atoms with Crippen molar-refractivity contribution in [3.8, 4) is 16.8 Å². The summed E-state index contributed by atoms with van der Waals surface area (Å²) in [4.78, 5) is 29.4. The lowest BCUT2D eigenvalue weighted by atomic mass is 9.95. The first-order chi connectivity index (χ1) is 17.4. The molecule has 0 atom stereocenters. The van der Waals surface area contributed by atoms with Gasteiger partial charge in [-0.25, -0.2) is 0 Å². The molecule has 3 aromatic carbocycles. The Morgan fingerprint density at radius 3 is 2.25 bits per heavy atom. The van der Waals surface area contributed by atoms with Gasteiger partial charge in [0.1, 0.15) is 0 Å². The van der Waals surface area contributed by atoms with Crippen LogP contribution in [0.25, 0.3) is 27.7 Å². The van der Waals surface area contributed by atoms with Crippen LogP contribution in [-0.4, -0.2) is 48.1 Å². The van der Waals surface area contributed by atoms with Crippen LogP contribution in [-0.2, 0) is 4.79 Å². The molecule has 0 bridgehead atoms. The average Bonchev–Trinajstić information content (AvgIpc) is 2.89. The Balaban J connectivity index is 1.75. The maximum Gasteiger partial charge on any atom is 0.255 e. The minimum atomic E-state index is -0.219. The Hall–Kier alpha value is -3.32. The van der Waals surface area contributed by atoms with Crippen molar-refractivity contribution in [3.63, 3.8) is 0 Å². The van der Waals surface area contributed by atoms with E-state index in [1.807, 2.05) is 24.3 Å². The van der Waals surface area contributed by atoms with Crippen LogP contribution in [0.5, 0.6) is 0 Å². The second kappa shape index (κ2) is 9.97. The lowest BCUT2D eigenvalue weighted by Crippen LogP contribution is -2.50. The van der Waals surface area contributed by atoms with E-state index in [9.17, 15) is 9.59 Å². The summed E-state index contributed by atoms with van der Waals surface area (Å²) in [6, 6.07) is 21.0. The third kappa shape index (κ3) is 4.37. The van der Waals surface area contributed by atoms with E-state index >= 15 is 0 Å². The van der Waals surface area contributed by atoms with Crippen LogP contribution >= 0.6 is 23.2 Å². The SMILES string of the molecule is Cc1ccccc1-c1cc(N2CCN(C(=O)CN)CC2)cc2c1ccc(=O)n2-c1c(Cl)cccc1Cl. The van der Waals surface area contributed by atoms with Crippen LogP contribution in [0.15, 0.2) is 71.5 Å². The van der Waals surface area contributed by atoms with Gasteiger partial charge in [0.2, 0.25) is 5.91 Å². The van der Waals surface area contributed by atoms with Gasteiger partial charge in [-0.1, -0.05) is 53.5 Å². The molecule has 36 heavy (non-hydrogen) atoms. The number of fused-ring (bicyclic) bond motifs is 1. The van der Waals surface area contributed by atoms with Crippen molar-refractivity contribution >= 4 is 45.7 Å². The fourth-order valence-electron chi connectivity index (χ4n) is 4.89. The smallest absolute Gasteiger partial charge is 0.255 e. The first-order valence-corrected chi connectivity index (χ1v) is 12.6. The summed E-state index contributed by atoms with van der Waals surface area (Å²) >= 11 is 13.1. The van der Waals surface area contributed by atoms with Gasteiger partial charge in [0.25, 0.3) is 5.56 Å². The zero-order valence-electron chi connectivity index (χ0n) is 19.9. The van der Waals surface area contributed by atoms with Gasteiger partial charge in [0.15, 0.2) is 0 Å². The van der Waals surface area contributed by atoms with E-state index in [-0.39, 0.29) is 18.0 Å². The molecule has 184 valence electrons. The molecule has 0 saturated carbocycles. The van der Waals surface area contributed by atoms with Gasteiger partial charge in [0, 0.05) is 43.3 Å². The second-order valence-corrected chi connectivity index (χ2v) is 9.70. The number of aromatic nitrogens is 1. The van der Waals surface area contributed by atoms with E-state index in [2.05, 4.69) is 30.0 Å². The quantitative estimate of drug-likeness (QED) is 0.416. The van der Waals surface area contributed by atoms with E-state index in [1.54, 1.807) is 33.7 Å². The van der Waals surface area contributed by atoms with Gasteiger partial charge in [-0.2, -0.15) is 0 Å². The number of piperazine rings is 1. The van der Waals surface area contributed by atoms with Gasteiger partial charge >= 0.3 is 0 Å². The van der Waals surface area contributed by atoms with Crippen LogP contribution in [0.4, 0.5) is 5.69 Å². The number of hydrogen-bond acceptors (Lipinski definition) is 4. The van der Waals surface area contributed by atoms with Crippen LogP contribution in [0.2, 0.25) is 10.0 Å². The maximum absolute atomic E-state index is 13.3. The summed E-state index contributed by atoms with van der Waals surface area (Å²) in [5, 5.41) is 1.71. The molecule has 8 heteroatoms. The highest BCUT2D eigenvalue weighted by molar-refractivity contribution is 6.37. The van der Waals surface area contributed by atoms with Gasteiger partial charge < -0.3 is 15.5 Å². The molecule has 0 spiro atoms. The summed E-state index contributed by atoms with van der Waals surface area (Å²) in [6.45, 7) is 4.59. The first-order valence-electron chi connectivity index (χ1n) is 11.8. The number of benzene rings is 3. The van der Waals surface area contributed by atoms with E-state index in [4.69, 9.17) is 28.9 Å². The summed E-state index contributed by atoms with van der Waals surface area (Å²) in [6.07, 6.45) is 0. The fourth-order valence-corrected chi connectivity index (χ4v) is 5.45.